The molecule has 3 rings (SSSR count). The highest BCUT2D eigenvalue weighted by molar-refractivity contribution is 7.92. The molecule has 0 bridgehead atoms. The minimum absolute atomic E-state index is 0.177. The SMILES string of the molecule is COc1c(CCc2ccc(NS(C)(=O)=O)cc2F)cc(-c2ccc[nH]c2=O)cc1C(C)(C)C. The zero-order valence-corrected chi connectivity index (χ0v) is 20.3. The van der Waals surface area contributed by atoms with E-state index in [-0.39, 0.29) is 16.7 Å². The third-order valence-corrected chi connectivity index (χ3v) is 5.93. The lowest BCUT2D eigenvalue weighted by atomic mass is 9.82. The van der Waals surface area contributed by atoms with Crippen LogP contribution in [0.15, 0.2) is 53.5 Å². The number of hydrogen-bond donors (Lipinski definition) is 2. The average Bonchev–Trinajstić information content (AvgIpc) is 2.71. The zero-order chi connectivity index (χ0) is 24.4. The first-order valence-electron chi connectivity index (χ1n) is 10.5. The Balaban J connectivity index is 2.01. The first-order valence-corrected chi connectivity index (χ1v) is 12.4. The van der Waals surface area contributed by atoms with Crippen LogP contribution in [0.2, 0.25) is 0 Å². The maximum Gasteiger partial charge on any atom is 0.255 e. The van der Waals surface area contributed by atoms with Gasteiger partial charge in [0.15, 0.2) is 0 Å². The summed E-state index contributed by atoms with van der Waals surface area (Å²) in [4.78, 5) is 15.1. The van der Waals surface area contributed by atoms with Gasteiger partial charge in [-0.05, 0) is 71.3 Å². The van der Waals surface area contributed by atoms with Crippen molar-refractivity contribution >= 4 is 15.7 Å². The van der Waals surface area contributed by atoms with Gasteiger partial charge in [-0.15, -0.1) is 0 Å². The van der Waals surface area contributed by atoms with E-state index in [1.165, 1.54) is 12.1 Å². The summed E-state index contributed by atoms with van der Waals surface area (Å²) in [5.41, 5.74) is 3.33. The standard InChI is InChI=1S/C25H29FN2O4S/c1-25(2,3)21-14-18(20-7-6-12-27-24(20)29)13-17(23(21)32-4)9-8-16-10-11-19(15-22(16)26)28-33(5,30)31/h6-7,10-15,28H,8-9H2,1-5H3,(H,27,29). The highest BCUT2D eigenvalue weighted by Crippen LogP contribution is 2.38. The van der Waals surface area contributed by atoms with Gasteiger partial charge in [0.25, 0.3) is 5.56 Å². The van der Waals surface area contributed by atoms with Gasteiger partial charge in [-0.1, -0.05) is 26.8 Å². The van der Waals surface area contributed by atoms with Gasteiger partial charge in [0, 0.05) is 17.3 Å². The monoisotopic (exact) mass is 472 g/mol. The molecule has 0 aliphatic rings. The van der Waals surface area contributed by atoms with Crippen LogP contribution in [-0.2, 0) is 28.3 Å². The van der Waals surface area contributed by atoms with Crippen molar-refractivity contribution < 1.29 is 17.5 Å². The number of aromatic nitrogens is 1. The van der Waals surface area contributed by atoms with E-state index >= 15 is 0 Å². The third-order valence-electron chi connectivity index (χ3n) is 5.33. The summed E-state index contributed by atoms with van der Waals surface area (Å²) in [6, 6.07) is 11.7. The molecule has 0 radical (unpaired) electrons. The summed E-state index contributed by atoms with van der Waals surface area (Å²) in [7, 11) is -1.88. The number of rotatable bonds is 7. The predicted octanol–water partition coefficient (Wildman–Crippen LogP) is 4.64. The van der Waals surface area contributed by atoms with Gasteiger partial charge in [0.05, 0.1) is 19.1 Å². The molecular weight excluding hydrogens is 443 g/mol. The smallest absolute Gasteiger partial charge is 0.255 e. The van der Waals surface area contributed by atoms with E-state index in [0.717, 1.165) is 28.7 Å². The molecule has 0 unspecified atom stereocenters. The third kappa shape index (κ3) is 6.01. The summed E-state index contributed by atoms with van der Waals surface area (Å²) >= 11 is 0. The highest BCUT2D eigenvalue weighted by atomic mass is 32.2. The van der Waals surface area contributed by atoms with E-state index < -0.39 is 15.8 Å². The van der Waals surface area contributed by atoms with Crippen LogP contribution in [0.25, 0.3) is 11.1 Å². The molecule has 6 nitrogen and oxygen atoms in total. The fraction of sp³-hybridized carbons (Fsp3) is 0.320. The number of benzene rings is 2. The van der Waals surface area contributed by atoms with Crippen molar-refractivity contribution in [3.63, 3.8) is 0 Å². The van der Waals surface area contributed by atoms with Gasteiger partial charge < -0.3 is 9.72 Å². The van der Waals surface area contributed by atoms with E-state index in [9.17, 15) is 17.6 Å². The van der Waals surface area contributed by atoms with Gasteiger partial charge in [-0.3, -0.25) is 9.52 Å². The Morgan fingerprint density at radius 1 is 1.06 bits per heavy atom. The molecule has 1 aromatic heterocycles. The zero-order valence-electron chi connectivity index (χ0n) is 19.5. The summed E-state index contributed by atoms with van der Waals surface area (Å²) in [6.45, 7) is 6.21. The Hall–Kier alpha value is -3.13. The number of aryl methyl sites for hydroxylation is 2. The van der Waals surface area contributed by atoms with Crippen molar-refractivity contribution in [2.24, 2.45) is 0 Å². The quantitative estimate of drug-likeness (QED) is 0.524. The van der Waals surface area contributed by atoms with Crippen LogP contribution in [0.4, 0.5) is 10.1 Å². The van der Waals surface area contributed by atoms with Crippen molar-refractivity contribution in [3.8, 4) is 16.9 Å². The maximum absolute atomic E-state index is 14.7. The van der Waals surface area contributed by atoms with Crippen molar-refractivity contribution in [1.29, 1.82) is 0 Å². The second kappa shape index (κ2) is 9.39. The molecule has 2 aromatic carbocycles. The molecule has 8 heteroatoms. The number of nitrogens with one attached hydrogen (secondary N) is 2. The summed E-state index contributed by atoms with van der Waals surface area (Å²) in [6.07, 6.45) is 3.45. The van der Waals surface area contributed by atoms with Crippen LogP contribution < -0.4 is 15.0 Å². The van der Waals surface area contributed by atoms with Crippen LogP contribution in [0.3, 0.4) is 0 Å². The van der Waals surface area contributed by atoms with Gasteiger partial charge in [-0.25, -0.2) is 12.8 Å². The molecule has 2 N–H and O–H groups in total. The molecule has 33 heavy (non-hydrogen) atoms. The van der Waals surface area contributed by atoms with E-state index in [1.54, 1.807) is 31.5 Å². The number of halogens is 1. The molecule has 1 heterocycles. The second-order valence-electron chi connectivity index (χ2n) is 9.06. The number of ether oxygens (including phenoxy) is 1. The summed E-state index contributed by atoms with van der Waals surface area (Å²) in [5.74, 6) is 0.226. The predicted molar refractivity (Wildman–Crippen MR) is 130 cm³/mol. The average molecular weight is 473 g/mol. The van der Waals surface area contributed by atoms with Crippen molar-refractivity contribution in [1.82, 2.24) is 4.98 Å². The number of sulfonamides is 1. The molecule has 0 aliphatic carbocycles. The Labute approximate surface area is 193 Å². The molecule has 0 amide bonds. The topological polar surface area (TPSA) is 88.3 Å². The van der Waals surface area contributed by atoms with Gasteiger partial charge >= 0.3 is 0 Å². The first-order chi connectivity index (χ1) is 15.4. The molecule has 0 atom stereocenters. The molecular formula is C25H29FN2O4S. The fourth-order valence-electron chi connectivity index (χ4n) is 3.77. The van der Waals surface area contributed by atoms with Crippen molar-refractivity contribution in [3.05, 3.63) is 81.5 Å². The lowest BCUT2D eigenvalue weighted by Gasteiger charge is -2.25. The van der Waals surface area contributed by atoms with Crippen molar-refractivity contribution in [2.75, 3.05) is 18.1 Å². The molecule has 3 aromatic rings. The molecule has 176 valence electrons. The van der Waals surface area contributed by atoms with Crippen LogP contribution in [0.1, 0.15) is 37.5 Å². The minimum Gasteiger partial charge on any atom is -0.496 e. The number of H-pyrrole nitrogens is 1. The van der Waals surface area contributed by atoms with Crippen LogP contribution in [0, 0.1) is 5.82 Å². The van der Waals surface area contributed by atoms with Gasteiger partial charge in [0.1, 0.15) is 11.6 Å². The molecule has 0 spiro atoms. The summed E-state index contributed by atoms with van der Waals surface area (Å²) in [5, 5.41) is 0. The first kappa shape index (κ1) is 24.5. The second-order valence-corrected chi connectivity index (χ2v) is 10.8. The molecule has 0 saturated heterocycles. The van der Waals surface area contributed by atoms with E-state index in [0.29, 0.717) is 24.0 Å². The lowest BCUT2D eigenvalue weighted by Crippen LogP contribution is -2.16. The highest BCUT2D eigenvalue weighted by Gasteiger charge is 2.23. The normalized spacial score (nSPS) is 11.9. The largest absolute Gasteiger partial charge is 0.496 e. The number of hydrogen-bond acceptors (Lipinski definition) is 4. The van der Waals surface area contributed by atoms with Crippen molar-refractivity contribution in [2.45, 2.75) is 39.0 Å². The Morgan fingerprint density at radius 3 is 2.33 bits per heavy atom. The molecule has 0 saturated carbocycles. The van der Waals surface area contributed by atoms with Crippen LogP contribution in [0.5, 0.6) is 5.75 Å². The Bertz CT molecular complexity index is 1320. The van der Waals surface area contributed by atoms with E-state index in [4.69, 9.17) is 4.74 Å². The maximum atomic E-state index is 14.7. The Kier molecular flexibility index (Phi) is 6.97. The van der Waals surface area contributed by atoms with Gasteiger partial charge in [-0.2, -0.15) is 0 Å². The number of pyridine rings is 1. The van der Waals surface area contributed by atoms with E-state index in [2.05, 4.69) is 30.5 Å². The fourth-order valence-corrected chi connectivity index (χ4v) is 4.33. The number of aromatic amines is 1. The number of anilines is 1. The Morgan fingerprint density at radius 2 is 1.76 bits per heavy atom. The van der Waals surface area contributed by atoms with E-state index in [1.807, 2.05) is 12.1 Å². The molecule has 0 aliphatic heterocycles. The minimum atomic E-state index is -3.49. The van der Waals surface area contributed by atoms with Crippen LogP contribution >= 0.6 is 0 Å². The van der Waals surface area contributed by atoms with Gasteiger partial charge in [0.2, 0.25) is 10.0 Å². The molecule has 0 fully saturated rings. The van der Waals surface area contributed by atoms with Crippen LogP contribution in [-0.4, -0.2) is 26.8 Å². The summed E-state index contributed by atoms with van der Waals surface area (Å²) < 4.78 is 45.5. The lowest BCUT2D eigenvalue weighted by molar-refractivity contribution is 0.392. The number of methoxy groups -OCH3 is 1.